The average molecular weight is 511 g/mol. The van der Waals surface area contributed by atoms with Crippen molar-refractivity contribution in [3.8, 4) is 0 Å². The fourth-order valence-corrected chi connectivity index (χ4v) is 6.09. The number of rotatable bonds is 9. The number of benzene rings is 2. The van der Waals surface area contributed by atoms with Crippen LogP contribution < -0.4 is 9.62 Å². The van der Waals surface area contributed by atoms with E-state index in [2.05, 4.69) is 15.5 Å². The maximum atomic E-state index is 13.0. The standard InChI is InChI=1S/C21H23ClN4O3S3/c1-4-18(26(32(3,28)29)16-11-10-14(2)17(22)12-16)19(27)23-20-24-25-21(31-20)30-13-15-8-6-5-7-9-15/h5-12,18H,4,13H2,1-3H3,(H,23,24,27). The maximum absolute atomic E-state index is 13.0. The molecule has 7 nitrogen and oxygen atoms in total. The van der Waals surface area contributed by atoms with Gasteiger partial charge in [-0.3, -0.25) is 14.4 Å². The van der Waals surface area contributed by atoms with Crippen molar-refractivity contribution in [3.05, 3.63) is 64.7 Å². The highest BCUT2D eigenvalue weighted by atomic mass is 35.5. The van der Waals surface area contributed by atoms with Crippen molar-refractivity contribution in [2.75, 3.05) is 15.9 Å². The molecule has 3 aromatic rings. The summed E-state index contributed by atoms with van der Waals surface area (Å²) in [6.45, 7) is 3.57. The van der Waals surface area contributed by atoms with Gasteiger partial charge in [0.1, 0.15) is 6.04 Å². The van der Waals surface area contributed by atoms with E-state index in [1.807, 2.05) is 37.3 Å². The van der Waals surface area contributed by atoms with Crippen LogP contribution in [0.1, 0.15) is 24.5 Å². The predicted molar refractivity (Wildman–Crippen MR) is 132 cm³/mol. The first kappa shape index (κ1) is 24.5. The Kier molecular flexibility index (Phi) is 8.16. The van der Waals surface area contributed by atoms with Crippen molar-refractivity contribution >= 4 is 61.4 Å². The summed E-state index contributed by atoms with van der Waals surface area (Å²) in [6.07, 6.45) is 1.33. The number of aryl methyl sites for hydroxylation is 1. The number of carbonyl (C=O) groups excluding carboxylic acids is 1. The van der Waals surface area contributed by atoms with Crippen molar-refractivity contribution in [2.24, 2.45) is 0 Å². The lowest BCUT2D eigenvalue weighted by molar-refractivity contribution is -0.117. The minimum Gasteiger partial charge on any atom is -0.299 e. The minimum atomic E-state index is -3.75. The first-order chi connectivity index (χ1) is 15.2. The van der Waals surface area contributed by atoms with E-state index in [9.17, 15) is 13.2 Å². The molecule has 1 atom stereocenters. The van der Waals surface area contributed by atoms with E-state index in [0.717, 1.165) is 27.4 Å². The lowest BCUT2D eigenvalue weighted by Gasteiger charge is -2.30. The number of nitrogens with one attached hydrogen (secondary N) is 1. The normalized spacial score (nSPS) is 12.4. The molecule has 11 heteroatoms. The van der Waals surface area contributed by atoms with Crippen LogP contribution >= 0.6 is 34.7 Å². The third kappa shape index (κ3) is 6.22. The number of halogens is 1. The number of carbonyl (C=O) groups is 1. The smallest absolute Gasteiger partial charge is 0.250 e. The van der Waals surface area contributed by atoms with Crippen LogP contribution in [0.5, 0.6) is 0 Å². The fraction of sp³-hybridized carbons (Fsp3) is 0.286. The van der Waals surface area contributed by atoms with Gasteiger partial charge < -0.3 is 0 Å². The fourth-order valence-electron chi connectivity index (χ4n) is 3.01. The largest absolute Gasteiger partial charge is 0.299 e. The maximum Gasteiger partial charge on any atom is 0.250 e. The van der Waals surface area contributed by atoms with Crippen molar-refractivity contribution in [1.82, 2.24) is 10.2 Å². The lowest BCUT2D eigenvalue weighted by atomic mass is 10.1. The molecule has 0 aliphatic rings. The third-order valence-electron chi connectivity index (χ3n) is 4.58. The van der Waals surface area contributed by atoms with Crippen molar-refractivity contribution in [3.63, 3.8) is 0 Å². The topological polar surface area (TPSA) is 92.3 Å². The Bertz CT molecular complexity index is 1190. The van der Waals surface area contributed by atoms with Gasteiger partial charge >= 0.3 is 0 Å². The van der Waals surface area contributed by atoms with Crippen LogP contribution in [-0.2, 0) is 20.6 Å². The second-order valence-electron chi connectivity index (χ2n) is 7.05. The van der Waals surface area contributed by atoms with Gasteiger partial charge in [-0.25, -0.2) is 8.42 Å². The molecule has 2 aromatic carbocycles. The Labute approximate surface area is 201 Å². The van der Waals surface area contributed by atoms with Gasteiger partial charge in [-0.1, -0.05) is 78.0 Å². The molecule has 170 valence electrons. The minimum absolute atomic E-state index is 0.263. The zero-order valence-corrected chi connectivity index (χ0v) is 21.0. The molecule has 1 unspecified atom stereocenters. The van der Waals surface area contributed by atoms with Crippen LogP contribution in [0.15, 0.2) is 52.9 Å². The average Bonchev–Trinajstić information content (AvgIpc) is 3.19. The summed E-state index contributed by atoms with van der Waals surface area (Å²) in [4.78, 5) is 13.0. The molecule has 3 rings (SSSR count). The van der Waals surface area contributed by atoms with Gasteiger partial charge in [0, 0.05) is 10.8 Å². The third-order valence-corrected chi connectivity index (χ3v) is 8.21. The highest BCUT2D eigenvalue weighted by Crippen LogP contribution is 2.30. The van der Waals surface area contributed by atoms with Gasteiger partial charge in [0.05, 0.1) is 11.9 Å². The summed E-state index contributed by atoms with van der Waals surface area (Å²) >= 11 is 8.97. The molecule has 1 amide bonds. The van der Waals surface area contributed by atoms with Crippen molar-refractivity contribution in [2.45, 2.75) is 36.4 Å². The van der Waals surface area contributed by atoms with E-state index in [-0.39, 0.29) is 6.42 Å². The predicted octanol–water partition coefficient (Wildman–Crippen LogP) is 4.98. The molecule has 0 spiro atoms. The van der Waals surface area contributed by atoms with Gasteiger partial charge in [0.15, 0.2) is 4.34 Å². The van der Waals surface area contributed by atoms with E-state index in [4.69, 9.17) is 11.6 Å². The Morgan fingerprint density at radius 3 is 2.56 bits per heavy atom. The molecule has 0 aliphatic carbocycles. The van der Waals surface area contributed by atoms with Gasteiger partial charge in [-0.05, 0) is 36.6 Å². The molecule has 1 aromatic heterocycles. The number of hydrogen-bond acceptors (Lipinski definition) is 7. The summed E-state index contributed by atoms with van der Waals surface area (Å²) < 4.78 is 27.0. The number of aromatic nitrogens is 2. The molecule has 0 aliphatic heterocycles. The van der Waals surface area contributed by atoms with Crippen LogP contribution in [0.2, 0.25) is 5.02 Å². The molecule has 1 heterocycles. The number of hydrogen-bond donors (Lipinski definition) is 1. The zero-order chi connectivity index (χ0) is 23.3. The summed E-state index contributed by atoms with van der Waals surface area (Å²) in [5, 5.41) is 11.6. The monoisotopic (exact) mass is 510 g/mol. The molecular formula is C21H23ClN4O3S3. The van der Waals surface area contributed by atoms with E-state index < -0.39 is 22.0 Å². The molecule has 0 radical (unpaired) electrons. The molecule has 1 N–H and O–H groups in total. The van der Waals surface area contributed by atoms with Gasteiger partial charge in [-0.15, -0.1) is 10.2 Å². The summed E-state index contributed by atoms with van der Waals surface area (Å²) in [5.41, 5.74) is 2.31. The SMILES string of the molecule is CCC(C(=O)Nc1nnc(SCc2ccccc2)s1)N(c1ccc(C)c(Cl)c1)S(C)(=O)=O. The highest BCUT2D eigenvalue weighted by molar-refractivity contribution is 8.00. The van der Waals surface area contributed by atoms with E-state index in [1.165, 1.54) is 23.1 Å². The van der Waals surface area contributed by atoms with Crippen molar-refractivity contribution < 1.29 is 13.2 Å². The Morgan fingerprint density at radius 1 is 1.22 bits per heavy atom. The molecule has 32 heavy (non-hydrogen) atoms. The Hall–Kier alpha value is -2.14. The number of nitrogens with zero attached hydrogens (tertiary/aromatic N) is 3. The first-order valence-electron chi connectivity index (χ1n) is 9.75. The molecule has 0 saturated carbocycles. The second-order valence-corrected chi connectivity index (χ2v) is 11.5. The zero-order valence-electron chi connectivity index (χ0n) is 17.8. The molecule has 0 fully saturated rings. The quantitative estimate of drug-likeness (QED) is 0.322. The number of anilines is 2. The number of amides is 1. The summed E-state index contributed by atoms with van der Waals surface area (Å²) in [6, 6.07) is 13.9. The molecular weight excluding hydrogens is 488 g/mol. The number of thioether (sulfide) groups is 1. The Balaban J connectivity index is 1.75. The van der Waals surface area contributed by atoms with Crippen LogP contribution in [0, 0.1) is 6.92 Å². The van der Waals surface area contributed by atoms with Crippen LogP contribution in [0.3, 0.4) is 0 Å². The Morgan fingerprint density at radius 2 is 1.94 bits per heavy atom. The second kappa shape index (κ2) is 10.7. The van der Waals surface area contributed by atoms with Crippen LogP contribution in [-0.4, -0.2) is 36.8 Å². The first-order valence-corrected chi connectivity index (χ1v) is 13.8. The van der Waals surface area contributed by atoms with E-state index >= 15 is 0 Å². The number of sulfonamides is 1. The van der Waals surface area contributed by atoms with Crippen molar-refractivity contribution in [1.29, 1.82) is 0 Å². The highest BCUT2D eigenvalue weighted by Gasteiger charge is 2.32. The summed E-state index contributed by atoms with van der Waals surface area (Å²) in [7, 11) is -3.75. The van der Waals surface area contributed by atoms with Crippen LogP contribution in [0.25, 0.3) is 0 Å². The summed E-state index contributed by atoms with van der Waals surface area (Å²) in [5.74, 6) is 0.252. The molecule has 0 saturated heterocycles. The van der Waals surface area contributed by atoms with Gasteiger partial charge in [-0.2, -0.15) is 0 Å². The van der Waals surface area contributed by atoms with Gasteiger partial charge in [0.2, 0.25) is 21.1 Å². The lowest BCUT2D eigenvalue weighted by Crippen LogP contribution is -2.47. The molecule has 0 bridgehead atoms. The van der Waals surface area contributed by atoms with Gasteiger partial charge in [0.25, 0.3) is 0 Å². The van der Waals surface area contributed by atoms with E-state index in [1.54, 1.807) is 25.1 Å². The van der Waals surface area contributed by atoms with Crippen LogP contribution in [0.4, 0.5) is 10.8 Å². The van der Waals surface area contributed by atoms with E-state index in [0.29, 0.717) is 20.2 Å².